The molecule has 1 atom stereocenters. The first-order valence-corrected chi connectivity index (χ1v) is 9.62. The molecule has 1 aliphatic heterocycles. The van der Waals surface area contributed by atoms with Crippen LogP contribution in [0.15, 0.2) is 41.3 Å². The molecular weight excluding hydrogens is 378 g/mol. The van der Waals surface area contributed by atoms with Crippen LogP contribution < -0.4 is 5.56 Å². The van der Waals surface area contributed by atoms with Gasteiger partial charge in [-0.25, -0.2) is 4.52 Å². The fourth-order valence-corrected chi connectivity index (χ4v) is 3.92. The predicted molar refractivity (Wildman–Crippen MR) is 107 cm³/mol. The van der Waals surface area contributed by atoms with Crippen molar-refractivity contribution in [3.63, 3.8) is 0 Å². The van der Waals surface area contributed by atoms with Crippen LogP contribution in [0.1, 0.15) is 18.5 Å². The van der Waals surface area contributed by atoms with Gasteiger partial charge in [-0.15, -0.1) is 10.2 Å². The summed E-state index contributed by atoms with van der Waals surface area (Å²) >= 11 is 6.01. The Morgan fingerprint density at radius 1 is 1.21 bits per heavy atom. The van der Waals surface area contributed by atoms with Gasteiger partial charge in [-0.3, -0.25) is 4.79 Å². The summed E-state index contributed by atoms with van der Waals surface area (Å²) in [5.74, 6) is 0. The van der Waals surface area contributed by atoms with E-state index in [1.807, 2.05) is 37.3 Å². The molecule has 1 aromatic carbocycles. The van der Waals surface area contributed by atoms with Gasteiger partial charge < -0.3 is 9.30 Å². The molecule has 1 saturated heterocycles. The highest BCUT2D eigenvalue weighted by molar-refractivity contribution is 6.30. The second kappa shape index (κ2) is 6.68. The van der Waals surface area contributed by atoms with E-state index in [4.69, 9.17) is 16.3 Å². The van der Waals surface area contributed by atoms with Gasteiger partial charge in [0, 0.05) is 17.8 Å². The SMILES string of the molecule is Cc1nn2c(nnc3c(=O)n(C[C@H]4CCCO4)ccc32)c1-c1ccc(Cl)cc1. The number of aryl methyl sites for hydroxylation is 1. The molecule has 3 aromatic heterocycles. The molecule has 7 nitrogen and oxygen atoms in total. The quantitative estimate of drug-likeness (QED) is 0.532. The standard InChI is InChI=1S/C20H18ClN5O2/c1-12-17(13-4-6-14(21)7-5-13)19-23-22-18-16(26(19)24-12)8-9-25(20(18)27)11-15-3-2-10-28-15/h4-9,15H,2-3,10-11H2,1H3/t15-/m1/s1. The van der Waals surface area contributed by atoms with Crippen LogP contribution in [-0.2, 0) is 11.3 Å². The lowest BCUT2D eigenvalue weighted by Crippen LogP contribution is -2.27. The molecular formula is C20H18ClN5O2. The normalized spacial score (nSPS) is 17.0. The van der Waals surface area contributed by atoms with Crippen LogP contribution in [0.5, 0.6) is 0 Å². The highest BCUT2D eigenvalue weighted by Gasteiger charge is 2.20. The van der Waals surface area contributed by atoms with Crippen molar-refractivity contribution in [1.82, 2.24) is 24.4 Å². The van der Waals surface area contributed by atoms with E-state index in [-0.39, 0.29) is 11.7 Å². The zero-order valence-electron chi connectivity index (χ0n) is 15.3. The maximum absolute atomic E-state index is 12.9. The Balaban J connectivity index is 1.66. The number of hydrogen-bond donors (Lipinski definition) is 0. The number of rotatable bonds is 3. The Kier molecular flexibility index (Phi) is 4.14. The molecule has 0 unspecified atom stereocenters. The molecule has 0 spiro atoms. The number of fused-ring (bicyclic) bond motifs is 3. The smallest absolute Gasteiger partial charge is 0.280 e. The lowest BCUT2D eigenvalue weighted by atomic mass is 10.1. The third kappa shape index (κ3) is 2.78. The van der Waals surface area contributed by atoms with E-state index in [1.54, 1.807) is 15.3 Å². The first-order chi connectivity index (χ1) is 13.6. The zero-order valence-corrected chi connectivity index (χ0v) is 16.1. The van der Waals surface area contributed by atoms with Gasteiger partial charge in [-0.05, 0) is 43.5 Å². The van der Waals surface area contributed by atoms with Gasteiger partial charge in [0.25, 0.3) is 5.56 Å². The molecule has 1 aliphatic rings. The molecule has 0 N–H and O–H groups in total. The summed E-state index contributed by atoms with van der Waals surface area (Å²) in [6.45, 7) is 3.21. The summed E-state index contributed by atoms with van der Waals surface area (Å²) in [5, 5.41) is 13.9. The molecule has 0 bridgehead atoms. The van der Waals surface area contributed by atoms with Gasteiger partial charge in [0.05, 0.1) is 23.9 Å². The molecule has 0 amide bonds. The summed E-state index contributed by atoms with van der Waals surface area (Å²) < 4.78 is 8.99. The van der Waals surface area contributed by atoms with Crippen molar-refractivity contribution in [2.45, 2.75) is 32.4 Å². The summed E-state index contributed by atoms with van der Waals surface area (Å²) in [6.07, 6.45) is 3.87. The van der Waals surface area contributed by atoms with Gasteiger partial charge >= 0.3 is 0 Å². The molecule has 0 saturated carbocycles. The van der Waals surface area contributed by atoms with Crippen LogP contribution >= 0.6 is 11.6 Å². The van der Waals surface area contributed by atoms with E-state index >= 15 is 0 Å². The minimum Gasteiger partial charge on any atom is -0.376 e. The third-order valence-electron chi connectivity index (χ3n) is 5.18. The lowest BCUT2D eigenvalue weighted by Gasteiger charge is -2.12. The monoisotopic (exact) mass is 395 g/mol. The minimum atomic E-state index is -0.177. The summed E-state index contributed by atoms with van der Waals surface area (Å²) in [7, 11) is 0. The van der Waals surface area contributed by atoms with Crippen LogP contribution in [0.4, 0.5) is 0 Å². The molecule has 142 valence electrons. The fourth-order valence-electron chi connectivity index (χ4n) is 3.80. The van der Waals surface area contributed by atoms with Crippen LogP contribution in [0, 0.1) is 6.92 Å². The molecule has 4 heterocycles. The van der Waals surface area contributed by atoms with Gasteiger partial charge in [0.2, 0.25) is 0 Å². The van der Waals surface area contributed by atoms with E-state index in [9.17, 15) is 4.79 Å². The van der Waals surface area contributed by atoms with Crippen LogP contribution in [0.25, 0.3) is 27.8 Å². The van der Waals surface area contributed by atoms with Gasteiger partial charge in [0.1, 0.15) is 5.52 Å². The first kappa shape index (κ1) is 17.3. The number of aromatic nitrogens is 5. The van der Waals surface area contributed by atoms with E-state index in [2.05, 4.69) is 15.3 Å². The molecule has 4 aromatic rings. The lowest BCUT2D eigenvalue weighted by molar-refractivity contribution is 0.0963. The van der Waals surface area contributed by atoms with Crippen molar-refractivity contribution >= 4 is 28.3 Å². The number of hydrogen-bond acceptors (Lipinski definition) is 5. The van der Waals surface area contributed by atoms with Gasteiger partial charge in [0.15, 0.2) is 11.2 Å². The Bertz CT molecular complexity index is 1240. The molecule has 0 aliphatic carbocycles. The van der Waals surface area contributed by atoms with Crippen LogP contribution in [0.3, 0.4) is 0 Å². The second-order valence-electron chi connectivity index (χ2n) is 7.04. The number of ether oxygens (including phenoxy) is 1. The fraction of sp³-hybridized carbons (Fsp3) is 0.300. The molecule has 8 heteroatoms. The van der Waals surface area contributed by atoms with Crippen molar-refractivity contribution in [2.24, 2.45) is 0 Å². The topological polar surface area (TPSA) is 74.3 Å². The maximum atomic E-state index is 12.9. The van der Waals surface area contributed by atoms with Crippen molar-refractivity contribution in [2.75, 3.05) is 6.61 Å². The van der Waals surface area contributed by atoms with Crippen molar-refractivity contribution < 1.29 is 4.74 Å². The molecule has 1 fully saturated rings. The number of pyridine rings is 1. The van der Waals surface area contributed by atoms with E-state index in [1.165, 1.54) is 0 Å². The Labute approximate surface area is 165 Å². The summed E-state index contributed by atoms with van der Waals surface area (Å²) in [4.78, 5) is 12.9. The highest BCUT2D eigenvalue weighted by Crippen LogP contribution is 2.29. The number of nitrogens with zero attached hydrogens (tertiary/aromatic N) is 5. The largest absolute Gasteiger partial charge is 0.376 e. The molecule has 5 rings (SSSR count). The zero-order chi connectivity index (χ0) is 19.3. The average molecular weight is 396 g/mol. The predicted octanol–water partition coefficient (Wildman–Crippen LogP) is 3.25. The van der Waals surface area contributed by atoms with E-state index in [0.717, 1.165) is 36.3 Å². The summed E-state index contributed by atoms with van der Waals surface area (Å²) in [6, 6.07) is 9.39. The Hall–Kier alpha value is -2.77. The average Bonchev–Trinajstić information content (AvgIpc) is 3.32. The van der Waals surface area contributed by atoms with Crippen molar-refractivity contribution in [3.05, 3.63) is 57.6 Å². The molecule has 0 radical (unpaired) electrons. The highest BCUT2D eigenvalue weighted by atomic mass is 35.5. The Morgan fingerprint density at radius 3 is 2.79 bits per heavy atom. The molecule has 28 heavy (non-hydrogen) atoms. The van der Waals surface area contributed by atoms with Crippen molar-refractivity contribution in [3.8, 4) is 11.1 Å². The van der Waals surface area contributed by atoms with Gasteiger partial charge in [-0.2, -0.15) is 5.10 Å². The Morgan fingerprint density at radius 2 is 2.04 bits per heavy atom. The van der Waals surface area contributed by atoms with Crippen molar-refractivity contribution in [1.29, 1.82) is 0 Å². The van der Waals surface area contributed by atoms with E-state index < -0.39 is 0 Å². The summed E-state index contributed by atoms with van der Waals surface area (Å²) in [5.41, 5.74) is 4.03. The number of benzene rings is 1. The first-order valence-electron chi connectivity index (χ1n) is 9.24. The number of halogens is 1. The van der Waals surface area contributed by atoms with Gasteiger partial charge in [-0.1, -0.05) is 23.7 Å². The van der Waals surface area contributed by atoms with E-state index in [0.29, 0.717) is 28.2 Å². The third-order valence-corrected chi connectivity index (χ3v) is 5.44. The maximum Gasteiger partial charge on any atom is 0.280 e. The van der Waals surface area contributed by atoms with Crippen LogP contribution in [0.2, 0.25) is 5.02 Å². The van der Waals surface area contributed by atoms with Crippen LogP contribution in [-0.4, -0.2) is 37.1 Å². The minimum absolute atomic E-state index is 0.0790. The second-order valence-corrected chi connectivity index (χ2v) is 7.48.